The number of aliphatic hydroxyl groups is 1. The highest BCUT2D eigenvalue weighted by atomic mass is 79.9. The zero-order chi connectivity index (χ0) is 12.3. The Balaban J connectivity index is 2.71. The van der Waals surface area contributed by atoms with Crippen LogP contribution in [-0.2, 0) is 16.3 Å². The zero-order valence-corrected chi connectivity index (χ0v) is 11.5. The van der Waals surface area contributed by atoms with Crippen molar-refractivity contribution < 1.29 is 13.5 Å². The van der Waals surface area contributed by atoms with E-state index in [2.05, 4.69) is 20.9 Å². The molecule has 16 heavy (non-hydrogen) atoms. The third-order valence-electron chi connectivity index (χ3n) is 2.42. The zero-order valence-electron chi connectivity index (χ0n) is 9.09. The van der Waals surface area contributed by atoms with E-state index >= 15 is 0 Å². The summed E-state index contributed by atoms with van der Waals surface area (Å²) in [7, 11) is -3.22. The summed E-state index contributed by atoms with van der Waals surface area (Å²) < 4.78 is 23.3. The van der Waals surface area contributed by atoms with Crippen LogP contribution in [0.15, 0.2) is 22.8 Å². The molecule has 0 bridgehead atoms. The summed E-state index contributed by atoms with van der Waals surface area (Å²) in [5.41, 5.74) is 0.672. The summed E-state index contributed by atoms with van der Waals surface area (Å²) in [6.07, 6.45) is 2.05. The van der Waals surface area contributed by atoms with Gasteiger partial charge in [0.05, 0.1) is 11.4 Å². The van der Waals surface area contributed by atoms with E-state index < -0.39 is 21.2 Å². The van der Waals surface area contributed by atoms with Crippen LogP contribution in [0.25, 0.3) is 0 Å². The topological polar surface area (TPSA) is 67.3 Å². The molecule has 0 saturated heterocycles. The molecule has 0 spiro atoms. The maximum Gasteiger partial charge on any atom is 0.152 e. The Bertz CT molecular complexity index is 444. The van der Waals surface area contributed by atoms with Crippen LogP contribution in [0.2, 0.25) is 0 Å². The van der Waals surface area contributed by atoms with Crippen molar-refractivity contribution in [2.45, 2.75) is 24.7 Å². The van der Waals surface area contributed by atoms with Crippen LogP contribution >= 0.6 is 15.9 Å². The maximum absolute atomic E-state index is 11.2. The number of nitrogens with zero attached hydrogens (tertiary/aromatic N) is 1. The molecule has 0 aromatic carbocycles. The van der Waals surface area contributed by atoms with Gasteiger partial charge in [-0.25, -0.2) is 8.42 Å². The highest BCUT2D eigenvalue weighted by Crippen LogP contribution is 2.12. The van der Waals surface area contributed by atoms with Crippen LogP contribution in [0.3, 0.4) is 0 Å². The third-order valence-corrected chi connectivity index (χ3v) is 4.56. The van der Waals surface area contributed by atoms with E-state index in [-0.39, 0.29) is 6.42 Å². The van der Waals surface area contributed by atoms with Gasteiger partial charge in [0, 0.05) is 29.0 Å². The molecule has 0 saturated carbocycles. The van der Waals surface area contributed by atoms with Crippen molar-refractivity contribution in [3.8, 4) is 0 Å². The number of hydrogen-bond acceptors (Lipinski definition) is 4. The van der Waals surface area contributed by atoms with Crippen LogP contribution in [-0.4, -0.2) is 36.1 Å². The van der Waals surface area contributed by atoms with E-state index in [0.717, 1.165) is 10.7 Å². The second kappa shape index (κ2) is 5.25. The molecule has 0 aliphatic carbocycles. The van der Waals surface area contributed by atoms with Crippen molar-refractivity contribution in [2.24, 2.45) is 0 Å². The monoisotopic (exact) mass is 307 g/mol. The molecule has 1 rings (SSSR count). The molecule has 2 unspecified atom stereocenters. The van der Waals surface area contributed by atoms with Crippen LogP contribution in [0.5, 0.6) is 0 Å². The number of aliphatic hydroxyl groups excluding tert-OH is 1. The summed E-state index contributed by atoms with van der Waals surface area (Å²) in [5.74, 6) is 0. The van der Waals surface area contributed by atoms with Gasteiger partial charge >= 0.3 is 0 Å². The first-order valence-electron chi connectivity index (χ1n) is 4.78. The number of hydrogen-bond donors (Lipinski definition) is 1. The average Bonchev–Trinajstić information content (AvgIpc) is 2.19. The third kappa shape index (κ3) is 3.84. The van der Waals surface area contributed by atoms with Crippen molar-refractivity contribution in [2.75, 3.05) is 6.26 Å². The van der Waals surface area contributed by atoms with Gasteiger partial charge in [0.25, 0.3) is 0 Å². The fraction of sp³-hybridized carbons (Fsp3) is 0.500. The van der Waals surface area contributed by atoms with E-state index in [4.69, 9.17) is 0 Å². The Hall–Kier alpha value is -0.460. The minimum absolute atomic E-state index is 0.238. The Kier molecular flexibility index (Phi) is 4.46. The van der Waals surface area contributed by atoms with Crippen molar-refractivity contribution in [1.82, 2.24) is 4.98 Å². The van der Waals surface area contributed by atoms with Gasteiger partial charge in [-0.1, -0.05) is 0 Å². The lowest BCUT2D eigenvalue weighted by Crippen LogP contribution is -2.32. The van der Waals surface area contributed by atoms with Crippen molar-refractivity contribution in [3.63, 3.8) is 0 Å². The highest BCUT2D eigenvalue weighted by molar-refractivity contribution is 9.10. The normalized spacial score (nSPS) is 15.8. The molecular formula is C10H14BrNO3S. The number of pyridine rings is 1. The van der Waals surface area contributed by atoms with Gasteiger partial charge in [0.1, 0.15) is 0 Å². The molecule has 0 aliphatic heterocycles. The van der Waals surface area contributed by atoms with Crippen molar-refractivity contribution in [3.05, 3.63) is 28.5 Å². The van der Waals surface area contributed by atoms with E-state index in [1.165, 1.54) is 6.92 Å². The summed E-state index contributed by atoms with van der Waals surface area (Å²) in [4.78, 5) is 4.08. The van der Waals surface area contributed by atoms with Crippen LogP contribution in [0.1, 0.15) is 12.6 Å². The molecule has 1 aromatic heterocycles. The summed E-state index contributed by atoms with van der Waals surface area (Å²) in [6.45, 7) is 1.50. The highest BCUT2D eigenvalue weighted by Gasteiger charge is 2.24. The molecule has 4 nitrogen and oxygen atoms in total. The Morgan fingerprint density at radius 3 is 2.56 bits per heavy atom. The van der Waals surface area contributed by atoms with E-state index in [1.807, 2.05) is 0 Å². The van der Waals surface area contributed by atoms with Crippen molar-refractivity contribution in [1.29, 1.82) is 0 Å². The second-order valence-electron chi connectivity index (χ2n) is 3.77. The summed E-state index contributed by atoms with van der Waals surface area (Å²) >= 11 is 3.25. The first-order valence-corrected chi connectivity index (χ1v) is 7.53. The molecule has 0 aliphatic rings. The number of rotatable bonds is 4. The van der Waals surface area contributed by atoms with Crippen molar-refractivity contribution >= 4 is 25.8 Å². The average molecular weight is 308 g/mol. The van der Waals surface area contributed by atoms with Gasteiger partial charge in [-0.3, -0.25) is 4.98 Å². The number of aromatic nitrogens is 1. The number of sulfone groups is 1. The SMILES string of the molecule is CC(C(O)Cc1ccc(Br)cn1)S(C)(=O)=O. The maximum atomic E-state index is 11.2. The van der Waals surface area contributed by atoms with Crippen LogP contribution in [0.4, 0.5) is 0 Å². The molecule has 1 heterocycles. The smallest absolute Gasteiger partial charge is 0.152 e. The molecule has 0 radical (unpaired) electrons. The molecule has 90 valence electrons. The molecule has 1 aromatic rings. The van der Waals surface area contributed by atoms with Crippen LogP contribution < -0.4 is 0 Å². The van der Waals surface area contributed by atoms with Gasteiger partial charge in [-0.05, 0) is 35.0 Å². The van der Waals surface area contributed by atoms with Gasteiger partial charge in [-0.2, -0.15) is 0 Å². The first kappa shape index (κ1) is 13.6. The molecule has 0 fully saturated rings. The molecule has 6 heteroatoms. The first-order chi connectivity index (χ1) is 7.30. The minimum atomic E-state index is -3.22. The fourth-order valence-electron chi connectivity index (χ4n) is 1.19. The molecule has 2 atom stereocenters. The minimum Gasteiger partial charge on any atom is -0.391 e. The Morgan fingerprint density at radius 2 is 2.12 bits per heavy atom. The Morgan fingerprint density at radius 1 is 1.50 bits per heavy atom. The molecular weight excluding hydrogens is 294 g/mol. The lowest BCUT2D eigenvalue weighted by atomic mass is 10.1. The largest absolute Gasteiger partial charge is 0.391 e. The van der Waals surface area contributed by atoms with E-state index in [0.29, 0.717) is 5.69 Å². The second-order valence-corrected chi connectivity index (χ2v) is 7.09. The molecule has 1 N–H and O–H groups in total. The van der Waals surface area contributed by atoms with Gasteiger partial charge in [0.2, 0.25) is 0 Å². The quantitative estimate of drug-likeness (QED) is 0.907. The lowest BCUT2D eigenvalue weighted by molar-refractivity contribution is 0.172. The van der Waals surface area contributed by atoms with Gasteiger partial charge in [0.15, 0.2) is 9.84 Å². The standard InChI is InChI=1S/C10H14BrNO3S/c1-7(16(2,14)15)10(13)5-9-4-3-8(11)6-12-9/h3-4,6-7,10,13H,5H2,1-2H3. The number of halogens is 1. The summed E-state index contributed by atoms with van der Waals surface area (Å²) in [6, 6.07) is 3.56. The van der Waals surface area contributed by atoms with E-state index in [9.17, 15) is 13.5 Å². The molecule has 0 amide bonds. The predicted molar refractivity (Wildman–Crippen MR) is 66.0 cm³/mol. The van der Waals surface area contributed by atoms with Gasteiger partial charge < -0.3 is 5.11 Å². The lowest BCUT2D eigenvalue weighted by Gasteiger charge is -2.16. The Labute approximate surface area is 104 Å². The van der Waals surface area contributed by atoms with Crippen LogP contribution in [0, 0.1) is 0 Å². The summed E-state index contributed by atoms with van der Waals surface area (Å²) in [5, 5.41) is 8.97. The van der Waals surface area contributed by atoms with E-state index in [1.54, 1.807) is 18.3 Å². The predicted octanol–water partition coefficient (Wildman–Crippen LogP) is 1.18. The fourth-order valence-corrected chi connectivity index (χ4v) is 2.09. The van der Waals surface area contributed by atoms with Gasteiger partial charge in [-0.15, -0.1) is 0 Å².